The Morgan fingerprint density at radius 1 is 1.39 bits per heavy atom. The van der Waals surface area contributed by atoms with Gasteiger partial charge < -0.3 is 4.74 Å². The zero-order valence-corrected chi connectivity index (χ0v) is 13.1. The van der Waals surface area contributed by atoms with E-state index in [2.05, 4.69) is 4.98 Å². The second-order valence-electron chi connectivity index (χ2n) is 4.82. The van der Waals surface area contributed by atoms with Gasteiger partial charge in [0.2, 0.25) is 0 Å². The van der Waals surface area contributed by atoms with Gasteiger partial charge >= 0.3 is 5.97 Å². The summed E-state index contributed by atoms with van der Waals surface area (Å²) in [5.41, 5.74) is 0.193. The molecule has 0 unspecified atom stereocenters. The summed E-state index contributed by atoms with van der Waals surface area (Å²) >= 11 is 1.20. The van der Waals surface area contributed by atoms with Gasteiger partial charge in [0.25, 0.3) is 5.56 Å². The zero-order valence-electron chi connectivity index (χ0n) is 12.3. The Balaban J connectivity index is 2.08. The first-order chi connectivity index (χ1) is 11.1. The summed E-state index contributed by atoms with van der Waals surface area (Å²) in [5.74, 6) is -0.947. The number of fused-ring (bicyclic) bond motifs is 1. The molecule has 0 fully saturated rings. The molecule has 5 nitrogen and oxygen atoms in total. The average molecular weight is 332 g/mol. The van der Waals surface area contributed by atoms with Gasteiger partial charge in [-0.15, -0.1) is 11.3 Å². The van der Waals surface area contributed by atoms with E-state index in [-0.39, 0.29) is 29.7 Å². The highest BCUT2D eigenvalue weighted by atomic mass is 32.1. The van der Waals surface area contributed by atoms with Crippen LogP contribution in [0.15, 0.2) is 40.8 Å². The summed E-state index contributed by atoms with van der Waals surface area (Å²) in [4.78, 5) is 29.2. The van der Waals surface area contributed by atoms with Crippen LogP contribution in [0.25, 0.3) is 10.2 Å². The average Bonchev–Trinajstić information content (AvgIpc) is 2.97. The molecule has 7 heteroatoms. The van der Waals surface area contributed by atoms with Crippen LogP contribution in [0.4, 0.5) is 4.39 Å². The lowest BCUT2D eigenvalue weighted by molar-refractivity contribution is 0.0529. The van der Waals surface area contributed by atoms with E-state index < -0.39 is 11.8 Å². The molecule has 0 saturated carbocycles. The molecule has 2 aromatic heterocycles. The van der Waals surface area contributed by atoms with Crippen LogP contribution in [-0.4, -0.2) is 22.1 Å². The molecule has 118 valence electrons. The van der Waals surface area contributed by atoms with Crippen LogP contribution in [0.3, 0.4) is 0 Å². The fourth-order valence-corrected chi connectivity index (χ4v) is 3.12. The molecule has 0 bridgehead atoms. The fraction of sp³-hybridized carbons (Fsp3) is 0.188. The van der Waals surface area contributed by atoms with E-state index in [1.807, 2.05) is 0 Å². The topological polar surface area (TPSA) is 61.2 Å². The van der Waals surface area contributed by atoms with Crippen LogP contribution in [-0.2, 0) is 11.3 Å². The normalized spacial score (nSPS) is 10.9. The molecule has 0 spiro atoms. The molecule has 0 aliphatic rings. The van der Waals surface area contributed by atoms with Crippen LogP contribution in [0.1, 0.15) is 22.8 Å². The van der Waals surface area contributed by atoms with Crippen molar-refractivity contribution in [2.75, 3.05) is 6.61 Å². The Kier molecular flexibility index (Phi) is 4.20. The summed E-state index contributed by atoms with van der Waals surface area (Å²) in [5, 5.41) is 1.78. The highest BCUT2D eigenvalue weighted by molar-refractivity contribution is 7.17. The van der Waals surface area contributed by atoms with Crippen molar-refractivity contribution in [2.24, 2.45) is 0 Å². The van der Waals surface area contributed by atoms with E-state index in [9.17, 15) is 14.0 Å². The van der Waals surface area contributed by atoms with E-state index in [1.165, 1.54) is 28.3 Å². The SMILES string of the molecule is CCOC(=O)c1csc2ncn(Cc3ccccc3F)c(=O)c12. The minimum absolute atomic E-state index is 0.0482. The van der Waals surface area contributed by atoms with Gasteiger partial charge in [0.05, 0.1) is 30.4 Å². The van der Waals surface area contributed by atoms with Crippen molar-refractivity contribution in [3.63, 3.8) is 0 Å². The predicted molar refractivity (Wildman–Crippen MR) is 85.3 cm³/mol. The highest BCUT2D eigenvalue weighted by Gasteiger charge is 2.18. The first kappa shape index (κ1) is 15.4. The first-order valence-corrected chi connectivity index (χ1v) is 7.87. The molecule has 23 heavy (non-hydrogen) atoms. The molecular formula is C16H13FN2O3S. The predicted octanol–water partition coefficient (Wildman–Crippen LogP) is 2.82. The Hall–Kier alpha value is -2.54. The number of aromatic nitrogens is 2. The summed E-state index contributed by atoms with van der Waals surface area (Å²) in [6.07, 6.45) is 1.36. The van der Waals surface area contributed by atoms with Gasteiger partial charge in [0.1, 0.15) is 10.6 Å². The standard InChI is InChI=1S/C16H13FN2O3S/c1-2-22-16(21)11-8-23-14-13(11)15(20)19(9-18-14)7-10-5-3-4-6-12(10)17/h3-6,8-9H,2,7H2,1H3. The maximum Gasteiger partial charge on any atom is 0.339 e. The fourth-order valence-electron chi connectivity index (χ4n) is 2.25. The molecule has 3 aromatic rings. The molecule has 0 N–H and O–H groups in total. The number of carbonyl (C=O) groups excluding carboxylic acids is 1. The molecule has 3 rings (SSSR count). The molecule has 0 atom stereocenters. The Bertz CT molecular complexity index is 932. The van der Waals surface area contributed by atoms with Crippen molar-refractivity contribution in [2.45, 2.75) is 13.5 Å². The summed E-state index contributed by atoms with van der Waals surface area (Å²) in [6.45, 7) is 1.97. The van der Waals surface area contributed by atoms with E-state index in [1.54, 1.807) is 30.5 Å². The largest absolute Gasteiger partial charge is 0.462 e. The smallest absolute Gasteiger partial charge is 0.339 e. The second kappa shape index (κ2) is 6.29. The molecule has 0 aliphatic carbocycles. The maximum absolute atomic E-state index is 13.8. The molecular weight excluding hydrogens is 319 g/mol. The van der Waals surface area contributed by atoms with Gasteiger partial charge in [-0.1, -0.05) is 18.2 Å². The number of carbonyl (C=O) groups is 1. The lowest BCUT2D eigenvalue weighted by atomic mass is 10.2. The van der Waals surface area contributed by atoms with Crippen molar-refractivity contribution in [1.29, 1.82) is 0 Å². The number of thiophene rings is 1. The lowest BCUT2D eigenvalue weighted by Crippen LogP contribution is -2.22. The number of esters is 1. The lowest BCUT2D eigenvalue weighted by Gasteiger charge is -2.07. The van der Waals surface area contributed by atoms with E-state index in [4.69, 9.17) is 4.74 Å². The molecule has 0 aliphatic heterocycles. The molecule has 2 heterocycles. The third kappa shape index (κ3) is 2.87. The van der Waals surface area contributed by atoms with Crippen LogP contribution < -0.4 is 5.56 Å². The number of halogens is 1. The summed E-state index contributed by atoms with van der Waals surface area (Å²) in [6, 6.07) is 6.22. The third-order valence-electron chi connectivity index (χ3n) is 3.35. The van der Waals surface area contributed by atoms with E-state index >= 15 is 0 Å². The van der Waals surface area contributed by atoms with Crippen molar-refractivity contribution in [1.82, 2.24) is 9.55 Å². The van der Waals surface area contributed by atoms with Gasteiger partial charge in [-0.25, -0.2) is 14.2 Å². The Morgan fingerprint density at radius 3 is 2.91 bits per heavy atom. The summed E-state index contributed by atoms with van der Waals surface area (Å²) in [7, 11) is 0. The van der Waals surface area contributed by atoms with Gasteiger partial charge in [-0.2, -0.15) is 0 Å². The van der Waals surface area contributed by atoms with Crippen LogP contribution >= 0.6 is 11.3 Å². The Labute approximate surface area is 135 Å². The third-order valence-corrected chi connectivity index (χ3v) is 4.24. The van der Waals surface area contributed by atoms with Crippen LogP contribution in [0, 0.1) is 5.82 Å². The van der Waals surface area contributed by atoms with Crippen LogP contribution in [0.2, 0.25) is 0 Å². The van der Waals surface area contributed by atoms with Crippen molar-refractivity contribution in [3.8, 4) is 0 Å². The number of rotatable bonds is 4. The number of benzene rings is 1. The van der Waals surface area contributed by atoms with E-state index in [0.29, 0.717) is 10.4 Å². The number of hydrogen-bond acceptors (Lipinski definition) is 5. The molecule has 0 saturated heterocycles. The molecule has 0 amide bonds. The quantitative estimate of drug-likeness (QED) is 0.689. The van der Waals surface area contributed by atoms with Gasteiger partial charge in [-0.05, 0) is 13.0 Å². The first-order valence-electron chi connectivity index (χ1n) is 6.99. The number of ether oxygens (including phenoxy) is 1. The van der Waals surface area contributed by atoms with E-state index in [0.717, 1.165) is 0 Å². The van der Waals surface area contributed by atoms with Crippen LogP contribution in [0.5, 0.6) is 0 Å². The number of hydrogen-bond donors (Lipinski definition) is 0. The highest BCUT2D eigenvalue weighted by Crippen LogP contribution is 2.21. The number of nitrogens with zero attached hydrogens (tertiary/aromatic N) is 2. The van der Waals surface area contributed by atoms with Gasteiger partial charge in [0, 0.05) is 10.9 Å². The molecule has 0 radical (unpaired) electrons. The van der Waals surface area contributed by atoms with Crippen molar-refractivity contribution < 1.29 is 13.9 Å². The zero-order chi connectivity index (χ0) is 16.4. The van der Waals surface area contributed by atoms with Crippen molar-refractivity contribution in [3.05, 3.63) is 63.3 Å². The van der Waals surface area contributed by atoms with Crippen molar-refractivity contribution >= 4 is 27.5 Å². The maximum atomic E-state index is 13.8. The Morgan fingerprint density at radius 2 is 2.17 bits per heavy atom. The monoisotopic (exact) mass is 332 g/mol. The van der Waals surface area contributed by atoms with Gasteiger partial charge in [0.15, 0.2) is 0 Å². The molecule has 1 aromatic carbocycles. The second-order valence-corrected chi connectivity index (χ2v) is 5.68. The minimum Gasteiger partial charge on any atom is -0.462 e. The summed E-state index contributed by atoms with van der Waals surface area (Å²) < 4.78 is 20.0. The minimum atomic E-state index is -0.554. The van der Waals surface area contributed by atoms with Gasteiger partial charge in [-0.3, -0.25) is 9.36 Å².